The van der Waals surface area contributed by atoms with Gasteiger partial charge >= 0.3 is 0 Å². The van der Waals surface area contributed by atoms with Crippen LogP contribution >= 0.6 is 7.82 Å². The summed E-state index contributed by atoms with van der Waals surface area (Å²) in [4.78, 5) is 52.8. The van der Waals surface area contributed by atoms with Gasteiger partial charge < -0.3 is 39.5 Å². The minimum absolute atomic E-state index is 0.00918. The maximum atomic E-state index is 12.7. The summed E-state index contributed by atoms with van der Waals surface area (Å²) >= 11 is 0. The van der Waals surface area contributed by atoms with E-state index < -0.39 is 44.2 Å². The molecule has 1 rings (SSSR count). The minimum atomic E-state index is -4.44. The van der Waals surface area contributed by atoms with Crippen molar-refractivity contribution < 1.29 is 42.5 Å². The molecule has 0 fully saturated rings. The molecule has 16 nitrogen and oxygen atoms in total. The van der Waals surface area contributed by atoms with Crippen LogP contribution in [-0.2, 0) is 41.1 Å². The van der Waals surface area contributed by atoms with Gasteiger partial charge in [0, 0.05) is 23.7 Å². The van der Waals surface area contributed by atoms with Gasteiger partial charge in [0.25, 0.3) is 7.82 Å². The van der Waals surface area contributed by atoms with E-state index in [0.29, 0.717) is 34.4 Å². The van der Waals surface area contributed by atoms with E-state index >= 15 is 0 Å². The number of aliphatic hydroxyl groups excluding tert-OH is 1. The van der Waals surface area contributed by atoms with Crippen molar-refractivity contribution in [1.29, 1.82) is 0 Å². The Kier molecular flexibility index (Phi) is 14.9. The van der Waals surface area contributed by atoms with E-state index in [0.717, 1.165) is 0 Å². The average molecular weight is 601 g/mol. The molecule has 41 heavy (non-hydrogen) atoms. The summed E-state index contributed by atoms with van der Waals surface area (Å²) < 4.78 is 22.4. The molecule has 0 heterocycles. The number of aliphatic hydroxyl groups is 1. The van der Waals surface area contributed by atoms with Gasteiger partial charge in [0.15, 0.2) is 0 Å². The SMILES string of the molecule is C[C@H](NC(=O)CN=[N+]=[N-])C(=O)N[C@@H](C)C(=O)Nc1ccc(CO)c(CN(C)CCOP(=O)([O-])OCC[N+](C)(C)C)c1. The molecule has 0 saturated carbocycles. The number of nitrogens with one attached hydrogen (secondary N) is 3. The van der Waals surface area contributed by atoms with Crippen molar-refractivity contribution in [3.8, 4) is 0 Å². The number of hydrogen-bond acceptors (Lipinski definition) is 10. The third-order valence-electron chi connectivity index (χ3n) is 5.62. The van der Waals surface area contributed by atoms with Crippen LogP contribution in [0.25, 0.3) is 10.4 Å². The second-order valence-electron chi connectivity index (χ2n) is 10.4. The molecule has 0 aliphatic heterocycles. The zero-order valence-electron chi connectivity index (χ0n) is 24.3. The molecule has 3 amide bonds. The molecule has 0 radical (unpaired) electrons. The number of carbonyl (C=O) groups is 3. The van der Waals surface area contributed by atoms with E-state index in [9.17, 15) is 28.9 Å². The summed E-state index contributed by atoms with van der Waals surface area (Å²) in [5, 5.41) is 20.4. The number of nitrogens with zero attached hydrogens (tertiary/aromatic N) is 5. The molecule has 0 aliphatic carbocycles. The molecular formula is C24H41N8O8P. The number of anilines is 1. The fourth-order valence-electron chi connectivity index (χ4n) is 3.25. The molecule has 1 unspecified atom stereocenters. The van der Waals surface area contributed by atoms with Crippen molar-refractivity contribution >= 4 is 31.2 Å². The van der Waals surface area contributed by atoms with E-state index in [1.54, 1.807) is 30.1 Å². The van der Waals surface area contributed by atoms with Crippen LogP contribution in [0.4, 0.5) is 5.69 Å². The van der Waals surface area contributed by atoms with Crippen LogP contribution in [0, 0.1) is 0 Å². The van der Waals surface area contributed by atoms with E-state index in [1.165, 1.54) is 13.8 Å². The first-order valence-corrected chi connectivity index (χ1v) is 14.3. The Balaban J connectivity index is 2.67. The molecule has 4 N–H and O–H groups in total. The first-order chi connectivity index (χ1) is 19.1. The molecule has 17 heteroatoms. The largest absolute Gasteiger partial charge is 0.756 e. The Morgan fingerprint density at radius 2 is 1.76 bits per heavy atom. The molecule has 0 aliphatic rings. The van der Waals surface area contributed by atoms with Crippen LogP contribution < -0.4 is 20.8 Å². The first kappa shape index (κ1) is 36.0. The summed E-state index contributed by atoms with van der Waals surface area (Å²) in [6.45, 7) is 3.12. The van der Waals surface area contributed by atoms with Crippen LogP contribution in [-0.4, -0.2) is 105 Å². The van der Waals surface area contributed by atoms with Crippen molar-refractivity contribution in [3.63, 3.8) is 0 Å². The standard InChI is InChI=1S/C24H41N8O8P/c1-17(27-22(34)14-26-30-25)23(35)28-18(2)24(36)29-21-8-7-19(16-33)20(13-21)15-31(3)9-11-39-41(37,38)40-12-10-32(4,5)6/h7-8,13,17-18,33H,9-12,14-16H2,1-6H3,(H3-,27,28,29,34,35,36,37,38)/t17-,18-/m0/s1. The van der Waals surface area contributed by atoms with Gasteiger partial charge in [0.05, 0.1) is 34.4 Å². The third kappa shape index (κ3) is 14.9. The van der Waals surface area contributed by atoms with Gasteiger partial charge in [-0.15, -0.1) is 0 Å². The lowest BCUT2D eigenvalue weighted by Crippen LogP contribution is -2.50. The zero-order chi connectivity index (χ0) is 31.2. The van der Waals surface area contributed by atoms with Crippen LogP contribution in [0.1, 0.15) is 25.0 Å². The predicted molar refractivity (Wildman–Crippen MR) is 149 cm³/mol. The Morgan fingerprint density at radius 1 is 1.12 bits per heavy atom. The van der Waals surface area contributed by atoms with E-state index in [4.69, 9.17) is 14.6 Å². The van der Waals surface area contributed by atoms with Crippen LogP contribution in [0.15, 0.2) is 23.3 Å². The highest BCUT2D eigenvalue weighted by Crippen LogP contribution is 2.37. The predicted octanol–water partition coefficient (Wildman–Crippen LogP) is 0.0767. The number of benzene rings is 1. The lowest BCUT2D eigenvalue weighted by Gasteiger charge is -2.28. The van der Waals surface area contributed by atoms with Crippen LogP contribution in [0.3, 0.4) is 0 Å². The van der Waals surface area contributed by atoms with E-state index in [2.05, 4.69) is 26.0 Å². The van der Waals surface area contributed by atoms with Crippen LogP contribution in [0.5, 0.6) is 0 Å². The number of amides is 3. The van der Waals surface area contributed by atoms with Gasteiger partial charge in [-0.1, -0.05) is 11.2 Å². The Morgan fingerprint density at radius 3 is 2.37 bits per heavy atom. The Bertz CT molecular complexity index is 1140. The summed E-state index contributed by atoms with van der Waals surface area (Å²) in [5.41, 5.74) is 9.98. The fourth-order valence-corrected chi connectivity index (χ4v) is 3.94. The monoisotopic (exact) mass is 600 g/mol. The quantitative estimate of drug-likeness (QED) is 0.0588. The van der Waals surface area contributed by atoms with Gasteiger partial charge in [-0.25, -0.2) is 0 Å². The fraction of sp³-hybridized carbons (Fsp3) is 0.625. The summed E-state index contributed by atoms with van der Waals surface area (Å²) in [7, 11) is 3.05. The number of rotatable bonds is 18. The van der Waals surface area contributed by atoms with Crippen molar-refractivity contribution in [2.45, 2.75) is 39.1 Å². The highest BCUT2D eigenvalue weighted by Gasteiger charge is 2.21. The van der Waals surface area contributed by atoms with Crippen molar-refractivity contribution in [1.82, 2.24) is 15.5 Å². The molecule has 1 aromatic rings. The molecule has 0 spiro atoms. The molecule has 3 atom stereocenters. The average Bonchev–Trinajstić information content (AvgIpc) is 2.86. The molecule has 230 valence electrons. The number of hydrogen-bond donors (Lipinski definition) is 4. The van der Waals surface area contributed by atoms with Crippen molar-refractivity contribution in [2.24, 2.45) is 5.11 Å². The summed E-state index contributed by atoms with van der Waals surface area (Å²) in [6, 6.07) is 3.00. The van der Waals surface area contributed by atoms with Gasteiger partial charge in [0.2, 0.25) is 17.7 Å². The topological polar surface area (TPSA) is 218 Å². The van der Waals surface area contributed by atoms with Gasteiger partial charge in [-0.2, -0.15) is 0 Å². The lowest BCUT2D eigenvalue weighted by molar-refractivity contribution is -0.870. The summed E-state index contributed by atoms with van der Waals surface area (Å²) in [6.07, 6.45) is 0. The minimum Gasteiger partial charge on any atom is -0.756 e. The highest BCUT2D eigenvalue weighted by molar-refractivity contribution is 7.45. The van der Waals surface area contributed by atoms with Gasteiger partial charge in [-0.3, -0.25) is 23.8 Å². The number of azide groups is 1. The number of carbonyl (C=O) groups excluding carboxylic acids is 3. The van der Waals surface area contributed by atoms with Gasteiger partial charge in [-0.05, 0) is 49.7 Å². The Hall–Kier alpha value is -3.07. The molecule has 1 aromatic carbocycles. The molecule has 0 bridgehead atoms. The highest BCUT2D eigenvalue weighted by atomic mass is 31.2. The van der Waals surface area contributed by atoms with Crippen molar-refractivity contribution in [2.75, 3.05) is 66.4 Å². The molecule has 0 aromatic heterocycles. The number of quaternary nitrogens is 1. The first-order valence-electron chi connectivity index (χ1n) is 12.8. The van der Waals surface area contributed by atoms with E-state index in [1.807, 2.05) is 21.1 Å². The number of phosphoric ester groups is 1. The maximum Gasteiger partial charge on any atom is 0.268 e. The molecule has 0 saturated heterocycles. The van der Waals surface area contributed by atoms with E-state index in [-0.39, 0.29) is 26.4 Å². The smallest absolute Gasteiger partial charge is 0.268 e. The lowest BCUT2D eigenvalue weighted by atomic mass is 10.1. The molecular weight excluding hydrogens is 559 g/mol. The van der Waals surface area contributed by atoms with Crippen molar-refractivity contribution in [3.05, 3.63) is 39.8 Å². The number of phosphoric acid groups is 1. The zero-order valence-corrected chi connectivity index (χ0v) is 25.2. The maximum absolute atomic E-state index is 12.7. The second-order valence-corrected chi connectivity index (χ2v) is 11.8. The van der Waals surface area contributed by atoms with Gasteiger partial charge in [0.1, 0.15) is 31.8 Å². The normalized spacial score (nSPS) is 14.4. The Labute approximate surface area is 239 Å². The van der Waals surface area contributed by atoms with Crippen LogP contribution in [0.2, 0.25) is 0 Å². The summed E-state index contributed by atoms with van der Waals surface area (Å²) in [5.74, 6) is -1.77. The second kappa shape index (κ2) is 17.0. The number of likely N-dealkylation sites (N-methyl/N-ethyl adjacent to an activating group) is 2. The third-order valence-corrected chi connectivity index (χ3v) is 6.62.